The Morgan fingerprint density at radius 1 is 1.16 bits per heavy atom. The van der Waals surface area contributed by atoms with Gasteiger partial charge in [0.15, 0.2) is 0 Å². The van der Waals surface area contributed by atoms with Gasteiger partial charge >= 0.3 is 0 Å². The summed E-state index contributed by atoms with van der Waals surface area (Å²) < 4.78 is 1.65. The lowest BCUT2D eigenvalue weighted by atomic mass is 9.49. The molecule has 132 valence electrons. The van der Waals surface area contributed by atoms with Crippen LogP contribution >= 0.6 is 0 Å². The largest absolute Gasteiger partial charge is 0.349 e. The topological polar surface area (TPSA) is 72.2 Å². The van der Waals surface area contributed by atoms with Gasteiger partial charge in [-0.1, -0.05) is 0 Å². The first kappa shape index (κ1) is 15.3. The number of carbonyl (C=O) groups excluding carboxylic acids is 1. The SMILES string of the molecule is Cc1cc(C)n2nc(C(=O)NCC34CC5CC(CC(C5)C3)C4)nc2n1. The van der Waals surface area contributed by atoms with Crippen molar-refractivity contribution in [2.75, 3.05) is 6.54 Å². The lowest BCUT2D eigenvalue weighted by Gasteiger charge is -2.56. The van der Waals surface area contributed by atoms with Crippen molar-refractivity contribution in [2.45, 2.75) is 52.4 Å². The molecule has 2 aromatic heterocycles. The van der Waals surface area contributed by atoms with Crippen molar-refractivity contribution in [3.05, 3.63) is 23.3 Å². The fourth-order valence-electron chi connectivity index (χ4n) is 6.12. The highest BCUT2D eigenvalue weighted by atomic mass is 16.2. The van der Waals surface area contributed by atoms with Crippen molar-refractivity contribution >= 4 is 11.7 Å². The number of nitrogens with one attached hydrogen (secondary N) is 1. The van der Waals surface area contributed by atoms with E-state index in [0.29, 0.717) is 11.2 Å². The van der Waals surface area contributed by atoms with Crippen LogP contribution in [0.5, 0.6) is 0 Å². The number of fused-ring (bicyclic) bond motifs is 1. The molecular formula is C19H25N5O. The Morgan fingerprint density at radius 2 is 1.80 bits per heavy atom. The molecule has 25 heavy (non-hydrogen) atoms. The number of carbonyl (C=O) groups is 1. The molecule has 4 saturated carbocycles. The van der Waals surface area contributed by atoms with Crippen molar-refractivity contribution in [2.24, 2.45) is 23.2 Å². The first-order valence-electron chi connectivity index (χ1n) is 9.49. The minimum Gasteiger partial charge on any atom is -0.349 e. The van der Waals surface area contributed by atoms with Gasteiger partial charge in [0.05, 0.1) is 0 Å². The Balaban J connectivity index is 1.33. The number of aromatic nitrogens is 4. The maximum absolute atomic E-state index is 12.6. The van der Waals surface area contributed by atoms with Crippen LogP contribution < -0.4 is 5.32 Å². The first-order chi connectivity index (χ1) is 12.0. The number of amides is 1. The normalized spacial score (nSPS) is 33.1. The standard InChI is InChI=1S/C19H25N5O/c1-11-3-12(2)24-18(21-11)22-16(23-24)17(25)20-10-19-7-13-4-14(8-19)6-15(5-13)9-19/h3,13-15H,4-10H2,1-2H3,(H,20,25). The van der Waals surface area contributed by atoms with Crippen LogP contribution in [0, 0.1) is 37.0 Å². The Labute approximate surface area is 147 Å². The zero-order chi connectivity index (χ0) is 17.2. The lowest BCUT2D eigenvalue weighted by Crippen LogP contribution is -2.51. The molecule has 0 saturated heterocycles. The third-order valence-corrected chi connectivity index (χ3v) is 6.61. The molecule has 0 atom stereocenters. The highest BCUT2D eigenvalue weighted by molar-refractivity contribution is 5.90. The number of aryl methyl sites for hydroxylation is 2. The second-order valence-electron chi connectivity index (χ2n) is 8.79. The van der Waals surface area contributed by atoms with E-state index in [0.717, 1.165) is 35.7 Å². The minimum atomic E-state index is -0.168. The van der Waals surface area contributed by atoms with Crippen LogP contribution in [0.3, 0.4) is 0 Å². The van der Waals surface area contributed by atoms with E-state index in [1.54, 1.807) is 4.52 Å². The minimum absolute atomic E-state index is 0.168. The number of hydrogen-bond donors (Lipinski definition) is 1. The average Bonchev–Trinajstić information content (AvgIpc) is 2.96. The molecule has 1 N–H and O–H groups in total. The summed E-state index contributed by atoms with van der Waals surface area (Å²) in [5, 5.41) is 7.50. The van der Waals surface area contributed by atoms with Gasteiger partial charge in [-0.15, -0.1) is 5.10 Å². The van der Waals surface area contributed by atoms with Crippen molar-refractivity contribution in [1.29, 1.82) is 0 Å². The van der Waals surface area contributed by atoms with E-state index in [2.05, 4.69) is 20.4 Å². The van der Waals surface area contributed by atoms with Crippen LogP contribution in [-0.4, -0.2) is 32.0 Å². The fraction of sp³-hybridized carbons (Fsp3) is 0.684. The van der Waals surface area contributed by atoms with Crippen LogP contribution in [-0.2, 0) is 0 Å². The van der Waals surface area contributed by atoms with Gasteiger partial charge in [0.25, 0.3) is 11.7 Å². The summed E-state index contributed by atoms with van der Waals surface area (Å²) in [5.41, 5.74) is 2.15. The van der Waals surface area contributed by atoms with Crippen molar-refractivity contribution in [1.82, 2.24) is 24.9 Å². The number of hydrogen-bond acceptors (Lipinski definition) is 4. The highest BCUT2D eigenvalue weighted by Crippen LogP contribution is 2.59. The second-order valence-corrected chi connectivity index (χ2v) is 8.79. The number of rotatable bonds is 3. The monoisotopic (exact) mass is 339 g/mol. The van der Waals surface area contributed by atoms with E-state index < -0.39 is 0 Å². The van der Waals surface area contributed by atoms with Gasteiger partial charge in [-0.3, -0.25) is 4.79 Å². The molecule has 0 unspecified atom stereocenters. The summed E-state index contributed by atoms with van der Waals surface area (Å²) in [6.07, 6.45) is 8.13. The van der Waals surface area contributed by atoms with Gasteiger partial charge < -0.3 is 5.32 Å². The van der Waals surface area contributed by atoms with Gasteiger partial charge in [0.2, 0.25) is 5.82 Å². The molecule has 2 heterocycles. The molecule has 0 spiro atoms. The maximum atomic E-state index is 12.6. The van der Waals surface area contributed by atoms with Crippen molar-refractivity contribution < 1.29 is 4.79 Å². The molecule has 4 fully saturated rings. The Morgan fingerprint density at radius 3 is 2.44 bits per heavy atom. The Kier molecular flexibility index (Phi) is 3.21. The van der Waals surface area contributed by atoms with E-state index in [9.17, 15) is 4.79 Å². The summed E-state index contributed by atoms with van der Waals surface area (Å²) in [6.45, 7) is 4.65. The van der Waals surface area contributed by atoms with Gasteiger partial charge in [-0.05, 0) is 81.6 Å². The average molecular weight is 339 g/mol. The van der Waals surface area contributed by atoms with Crippen LogP contribution in [0.2, 0.25) is 0 Å². The van der Waals surface area contributed by atoms with E-state index in [1.807, 2.05) is 19.9 Å². The van der Waals surface area contributed by atoms with Crippen LogP contribution in [0.1, 0.15) is 60.5 Å². The van der Waals surface area contributed by atoms with Gasteiger partial charge in [0.1, 0.15) is 0 Å². The second kappa shape index (κ2) is 5.26. The third-order valence-electron chi connectivity index (χ3n) is 6.61. The van der Waals surface area contributed by atoms with Crippen LogP contribution in [0.25, 0.3) is 5.78 Å². The number of nitrogens with zero attached hydrogens (tertiary/aromatic N) is 4. The Hall–Kier alpha value is -1.98. The Bertz CT molecular complexity index is 820. The van der Waals surface area contributed by atoms with Crippen LogP contribution in [0.4, 0.5) is 0 Å². The van der Waals surface area contributed by atoms with Crippen molar-refractivity contribution in [3.63, 3.8) is 0 Å². The molecule has 4 aliphatic carbocycles. The molecule has 0 aromatic carbocycles. The zero-order valence-electron chi connectivity index (χ0n) is 15.0. The van der Waals surface area contributed by atoms with Gasteiger partial charge in [0, 0.05) is 17.9 Å². The highest BCUT2D eigenvalue weighted by Gasteiger charge is 2.50. The summed E-state index contributed by atoms with van der Waals surface area (Å²) in [7, 11) is 0. The van der Waals surface area contributed by atoms with Crippen LogP contribution in [0.15, 0.2) is 6.07 Å². The molecule has 0 aliphatic heterocycles. The third kappa shape index (κ3) is 2.53. The molecule has 6 nitrogen and oxygen atoms in total. The van der Waals surface area contributed by atoms with Gasteiger partial charge in [-0.2, -0.15) is 4.98 Å². The maximum Gasteiger partial charge on any atom is 0.291 e. The summed E-state index contributed by atoms with van der Waals surface area (Å²) in [5.74, 6) is 3.24. The summed E-state index contributed by atoms with van der Waals surface area (Å²) >= 11 is 0. The van der Waals surface area contributed by atoms with E-state index in [4.69, 9.17) is 0 Å². The van der Waals surface area contributed by atoms with Gasteiger partial charge in [-0.25, -0.2) is 9.50 Å². The van der Waals surface area contributed by atoms with E-state index in [1.165, 1.54) is 38.5 Å². The predicted molar refractivity (Wildman–Crippen MR) is 93.2 cm³/mol. The molecule has 1 amide bonds. The molecular weight excluding hydrogens is 314 g/mol. The summed E-state index contributed by atoms with van der Waals surface area (Å²) in [4.78, 5) is 21.3. The fourth-order valence-corrected chi connectivity index (χ4v) is 6.12. The van der Waals surface area contributed by atoms with E-state index in [-0.39, 0.29) is 11.7 Å². The van der Waals surface area contributed by atoms with E-state index >= 15 is 0 Å². The first-order valence-corrected chi connectivity index (χ1v) is 9.49. The lowest BCUT2D eigenvalue weighted by molar-refractivity contribution is -0.0503. The predicted octanol–water partition coefficient (Wildman–Crippen LogP) is 2.69. The molecule has 6 heteroatoms. The molecule has 0 radical (unpaired) electrons. The quantitative estimate of drug-likeness (QED) is 0.933. The van der Waals surface area contributed by atoms with Crippen molar-refractivity contribution in [3.8, 4) is 0 Å². The smallest absolute Gasteiger partial charge is 0.291 e. The molecule has 4 bridgehead atoms. The zero-order valence-corrected chi connectivity index (χ0v) is 15.0. The molecule has 6 rings (SSSR count). The molecule has 4 aliphatic rings. The molecule has 2 aromatic rings. The summed E-state index contributed by atoms with van der Waals surface area (Å²) in [6, 6.07) is 1.94.